The van der Waals surface area contributed by atoms with Crippen molar-refractivity contribution >= 4 is 5.97 Å². The second-order valence-electron chi connectivity index (χ2n) is 6.89. The maximum atomic E-state index is 14.7. The number of carboxylic acid groups (broad SMARTS) is 1. The molecule has 150 valence electrons. The van der Waals surface area contributed by atoms with Crippen molar-refractivity contribution in [3.05, 3.63) is 53.1 Å². The van der Waals surface area contributed by atoms with Gasteiger partial charge in [0.05, 0.1) is 12.5 Å². The third-order valence-corrected chi connectivity index (χ3v) is 5.27. The molecule has 3 rings (SSSR count). The number of carboxylic acids is 1. The van der Waals surface area contributed by atoms with Crippen LogP contribution in [0.4, 0.5) is 17.6 Å². The van der Waals surface area contributed by atoms with Gasteiger partial charge >= 0.3 is 5.97 Å². The molecule has 28 heavy (non-hydrogen) atoms. The second-order valence-corrected chi connectivity index (χ2v) is 6.89. The molecule has 0 saturated heterocycles. The Morgan fingerprint density at radius 3 is 2.07 bits per heavy atom. The van der Waals surface area contributed by atoms with Crippen LogP contribution in [0.5, 0.6) is 5.75 Å². The average molecular weight is 396 g/mol. The van der Waals surface area contributed by atoms with Crippen molar-refractivity contribution in [2.75, 3.05) is 6.61 Å². The lowest BCUT2D eigenvalue weighted by Crippen LogP contribution is -2.21. The van der Waals surface area contributed by atoms with Crippen LogP contribution in [-0.2, 0) is 4.79 Å². The van der Waals surface area contributed by atoms with E-state index in [1.807, 2.05) is 0 Å². The number of benzene rings is 2. The first-order valence-electron chi connectivity index (χ1n) is 9.17. The number of halogens is 4. The van der Waals surface area contributed by atoms with E-state index >= 15 is 0 Å². The molecule has 0 spiro atoms. The smallest absolute Gasteiger partial charge is 0.306 e. The van der Waals surface area contributed by atoms with Gasteiger partial charge in [-0.25, -0.2) is 13.2 Å². The van der Waals surface area contributed by atoms with Gasteiger partial charge in [-0.15, -0.1) is 0 Å². The van der Waals surface area contributed by atoms with E-state index in [1.165, 1.54) is 18.2 Å². The lowest BCUT2D eigenvalue weighted by atomic mass is 9.78. The van der Waals surface area contributed by atoms with E-state index in [2.05, 4.69) is 0 Å². The summed E-state index contributed by atoms with van der Waals surface area (Å²) in [6, 6.07) is 4.93. The molecule has 1 N–H and O–H groups in total. The van der Waals surface area contributed by atoms with Gasteiger partial charge in [-0.2, -0.15) is 4.39 Å². The minimum Gasteiger partial charge on any atom is -0.491 e. The summed E-state index contributed by atoms with van der Waals surface area (Å²) < 4.78 is 62.8. The first kappa shape index (κ1) is 20.2. The van der Waals surface area contributed by atoms with Crippen LogP contribution in [-0.4, -0.2) is 17.7 Å². The Balaban J connectivity index is 1.91. The molecule has 0 atom stereocenters. The van der Waals surface area contributed by atoms with Crippen molar-refractivity contribution in [1.29, 1.82) is 0 Å². The summed E-state index contributed by atoms with van der Waals surface area (Å²) in [5, 5.41) is 9.05. The maximum absolute atomic E-state index is 14.7. The van der Waals surface area contributed by atoms with Gasteiger partial charge in [0.1, 0.15) is 0 Å². The Bertz CT molecular complexity index is 890. The number of rotatable bonds is 5. The molecular formula is C21H20F4O3. The van der Waals surface area contributed by atoms with Crippen molar-refractivity contribution in [3.8, 4) is 16.9 Å². The molecule has 1 aliphatic rings. The van der Waals surface area contributed by atoms with Crippen LogP contribution in [0.3, 0.4) is 0 Å². The van der Waals surface area contributed by atoms with Gasteiger partial charge in [0, 0.05) is 11.1 Å². The van der Waals surface area contributed by atoms with Gasteiger partial charge in [0.25, 0.3) is 0 Å². The number of hydrogen-bond donors (Lipinski definition) is 1. The average Bonchev–Trinajstić information content (AvgIpc) is 2.68. The van der Waals surface area contributed by atoms with Crippen LogP contribution in [0.2, 0.25) is 0 Å². The van der Waals surface area contributed by atoms with Crippen molar-refractivity contribution < 1.29 is 32.2 Å². The fourth-order valence-corrected chi connectivity index (χ4v) is 3.75. The molecule has 0 bridgehead atoms. The number of aliphatic carboxylic acids is 1. The number of hydrogen-bond acceptors (Lipinski definition) is 2. The highest BCUT2D eigenvalue weighted by atomic mass is 19.2. The molecule has 2 aromatic rings. The maximum Gasteiger partial charge on any atom is 0.306 e. The van der Waals surface area contributed by atoms with Crippen molar-refractivity contribution in [2.45, 2.75) is 38.5 Å². The Kier molecular flexibility index (Phi) is 5.91. The minimum absolute atomic E-state index is 0.136. The van der Waals surface area contributed by atoms with Gasteiger partial charge in [0.2, 0.25) is 5.82 Å². The molecule has 1 saturated carbocycles. The molecule has 1 fully saturated rings. The predicted molar refractivity (Wildman–Crippen MR) is 95.2 cm³/mol. The summed E-state index contributed by atoms with van der Waals surface area (Å²) in [5.74, 6) is -6.87. The lowest BCUT2D eigenvalue weighted by molar-refractivity contribution is -0.142. The quantitative estimate of drug-likeness (QED) is 0.663. The lowest BCUT2D eigenvalue weighted by Gasteiger charge is -2.27. The van der Waals surface area contributed by atoms with Crippen LogP contribution in [0.1, 0.15) is 44.1 Å². The van der Waals surface area contributed by atoms with E-state index in [9.17, 15) is 22.4 Å². The Morgan fingerprint density at radius 2 is 1.50 bits per heavy atom. The van der Waals surface area contributed by atoms with Crippen LogP contribution < -0.4 is 4.74 Å². The van der Waals surface area contributed by atoms with Gasteiger partial charge in [-0.05, 0) is 56.2 Å². The zero-order valence-electron chi connectivity index (χ0n) is 15.3. The van der Waals surface area contributed by atoms with E-state index in [0.29, 0.717) is 25.7 Å². The molecule has 0 amide bonds. The highest BCUT2D eigenvalue weighted by Crippen LogP contribution is 2.40. The molecule has 1 aliphatic carbocycles. The monoisotopic (exact) mass is 396 g/mol. The highest BCUT2D eigenvalue weighted by Gasteiger charge is 2.30. The van der Waals surface area contributed by atoms with E-state index in [4.69, 9.17) is 9.84 Å². The molecule has 3 nitrogen and oxygen atoms in total. The zero-order chi connectivity index (χ0) is 20.4. The Hall–Kier alpha value is -2.57. The van der Waals surface area contributed by atoms with Crippen LogP contribution in [0, 0.1) is 29.2 Å². The van der Waals surface area contributed by atoms with Crippen LogP contribution in [0.25, 0.3) is 11.1 Å². The standard InChI is InChI=1S/C21H20F4O3/c1-2-28-16-10-9-15(19(24)20(16)25)14-8-7-13(17(22)18(14)23)11-3-5-12(6-4-11)21(26)27/h7-12H,2-6H2,1H3,(H,26,27)/t11-,12-. The second kappa shape index (κ2) is 8.20. The fraction of sp³-hybridized carbons (Fsp3) is 0.381. The summed E-state index contributed by atoms with van der Waals surface area (Å²) in [6.07, 6.45) is 1.64. The Morgan fingerprint density at radius 1 is 0.929 bits per heavy atom. The molecule has 2 aromatic carbocycles. The van der Waals surface area contributed by atoms with Crippen LogP contribution in [0.15, 0.2) is 24.3 Å². The van der Waals surface area contributed by atoms with Gasteiger partial charge in [-0.3, -0.25) is 4.79 Å². The normalized spacial score (nSPS) is 19.5. The first-order valence-corrected chi connectivity index (χ1v) is 9.17. The summed E-state index contributed by atoms with van der Waals surface area (Å²) in [6.45, 7) is 1.75. The molecule has 0 heterocycles. The fourth-order valence-electron chi connectivity index (χ4n) is 3.75. The van der Waals surface area contributed by atoms with E-state index < -0.39 is 40.7 Å². The topological polar surface area (TPSA) is 46.5 Å². The first-order chi connectivity index (χ1) is 13.3. The van der Waals surface area contributed by atoms with Gasteiger partial charge in [0.15, 0.2) is 23.2 Å². The SMILES string of the molecule is CCOc1ccc(-c2ccc([C@H]3CC[C@H](C(=O)O)CC3)c(F)c2F)c(F)c1F. The van der Waals surface area contributed by atoms with E-state index in [1.54, 1.807) is 6.92 Å². The largest absolute Gasteiger partial charge is 0.491 e. The number of ether oxygens (including phenoxy) is 1. The molecule has 0 radical (unpaired) electrons. The van der Waals surface area contributed by atoms with Crippen LogP contribution >= 0.6 is 0 Å². The molecule has 0 unspecified atom stereocenters. The van der Waals surface area contributed by atoms with Gasteiger partial charge in [-0.1, -0.05) is 12.1 Å². The summed E-state index contributed by atoms with van der Waals surface area (Å²) in [7, 11) is 0. The molecule has 7 heteroatoms. The van der Waals surface area contributed by atoms with E-state index in [0.717, 1.165) is 6.07 Å². The van der Waals surface area contributed by atoms with Gasteiger partial charge < -0.3 is 9.84 Å². The van der Waals surface area contributed by atoms with E-state index in [-0.39, 0.29) is 29.4 Å². The molecular weight excluding hydrogens is 376 g/mol. The third kappa shape index (κ3) is 3.70. The minimum atomic E-state index is -1.31. The van der Waals surface area contributed by atoms with Crippen molar-refractivity contribution in [1.82, 2.24) is 0 Å². The molecule has 0 aliphatic heterocycles. The zero-order valence-corrected chi connectivity index (χ0v) is 15.3. The summed E-state index contributed by atoms with van der Waals surface area (Å²) in [4.78, 5) is 11.0. The summed E-state index contributed by atoms with van der Waals surface area (Å²) >= 11 is 0. The Labute approximate surface area is 159 Å². The highest BCUT2D eigenvalue weighted by molar-refractivity contribution is 5.70. The predicted octanol–water partition coefficient (Wildman–Crippen LogP) is 5.67. The molecule has 0 aromatic heterocycles. The third-order valence-electron chi connectivity index (χ3n) is 5.27. The number of carbonyl (C=O) groups is 1. The summed E-state index contributed by atoms with van der Waals surface area (Å²) in [5.41, 5.74) is -0.629. The van der Waals surface area contributed by atoms with Crippen molar-refractivity contribution in [2.24, 2.45) is 5.92 Å². The van der Waals surface area contributed by atoms with Crippen molar-refractivity contribution in [3.63, 3.8) is 0 Å².